The van der Waals surface area contributed by atoms with Crippen molar-refractivity contribution in [1.29, 1.82) is 0 Å². The summed E-state index contributed by atoms with van der Waals surface area (Å²) in [6, 6.07) is -0.251. The molecule has 3 heterocycles. The van der Waals surface area contributed by atoms with Crippen LogP contribution in [-0.4, -0.2) is 43.3 Å². The van der Waals surface area contributed by atoms with Gasteiger partial charge >= 0.3 is 0 Å². The van der Waals surface area contributed by atoms with Crippen molar-refractivity contribution in [3.63, 3.8) is 0 Å². The largest absolute Gasteiger partial charge is 0.394 e. The summed E-state index contributed by atoms with van der Waals surface area (Å²) in [4.78, 5) is 18.7. The van der Waals surface area contributed by atoms with Crippen molar-refractivity contribution in [2.75, 3.05) is 11.9 Å². The summed E-state index contributed by atoms with van der Waals surface area (Å²) < 4.78 is 1.81. The maximum atomic E-state index is 12.3. The molecule has 1 aliphatic heterocycles. The van der Waals surface area contributed by atoms with Crippen LogP contribution < -0.4 is 5.32 Å². The van der Waals surface area contributed by atoms with Crippen LogP contribution in [0.1, 0.15) is 23.9 Å². The van der Waals surface area contributed by atoms with E-state index < -0.39 is 0 Å². The number of thiazole rings is 1. The van der Waals surface area contributed by atoms with Crippen LogP contribution in [0.3, 0.4) is 0 Å². The van der Waals surface area contributed by atoms with Gasteiger partial charge in [-0.25, -0.2) is 4.98 Å². The fourth-order valence-corrected chi connectivity index (χ4v) is 3.27. The highest BCUT2D eigenvalue weighted by atomic mass is 32.1. The number of aryl methyl sites for hydroxylation is 1. The molecule has 2 aromatic heterocycles. The third kappa shape index (κ3) is 2.90. The van der Waals surface area contributed by atoms with E-state index in [4.69, 9.17) is 5.11 Å². The highest BCUT2D eigenvalue weighted by Gasteiger charge is 2.30. The minimum atomic E-state index is -0.251. The number of carbonyl (C=O) groups excluding carboxylic acids is 1. The Hall–Kier alpha value is -1.77. The predicted octanol–water partition coefficient (Wildman–Crippen LogP) is 0.983. The second-order valence-corrected chi connectivity index (χ2v) is 6.29. The topological polar surface area (TPSA) is 83.3 Å². The number of carbonyl (C=O) groups is 1. The monoisotopic (exact) mass is 321 g/mol. The van der Waals surface area contributed by atoms with Gasteiger partial charge in [0.05, 0.1) is 36.8 Å². The molecule has 0 saturated carbocycles. The Balaban J connectivity index is 1.64. The number of hydrogen-bond donors (Lipinski definition) is 2. The highest BCUT2D eigenvalue weighted by Crippen LogP contribution is 2.25. The number of anilines is 1. The van der Waals surface area contributed by atoms with Crippen LogP contribution in [0.25, 0.3) is 0 Å². The lowest BCUT2D eigenvalue weighted by Gasteiger charge is -2.22. The van der Waals surface area contributed by atoms with E-state index in [9.17, 15) is 4.79 Å². The first-order chi connectivity index (χ1) is 10.6. The highest BCUT2D eigenvalue weighted by molar-refractivity contribution is 7.13. The first-order valence-corrected chi connectivity index (χ1v) is 8.08. The van der Waals surface area contributed by atoms with E-state index >= 15 is 0 Å². The molecule has 0 spiro atoms. The van der Waals surface area contributed by atoms with Crippen molar-refractivity contribution in [2.45, 2.75) is 39.5 Å². The molecule has 1 amide bonds. The van der Waals surface area contributed by atoms with Crippen LogP contribution in [0.15, 0.2) is 11.6 Å². The summed E-state index contributed by atoms with van der Waals surface area (Å²) in [5, 5.41) is 18.7. The van der Waals surface area contributed by atoms with Crippen LogP contribution in [0.5, 0.6) is 0 Å². The second-order valence-electron chi connectivity index (χ2n) is 5.43. The number of nitrogens with one attached hydrogen (secondary N) is 1. The standard InChI is InChI=1S/C14H19N5O2S/c1-9-8-22-14(16-9)17-13(21)10(2)18-6-11-5-15-19(3-4-20)12(11)7-18/h5,8,10,20H,3-4,6-7H2,1-2H3,(H,16,17,21)/t10-/m0/s1. The summed E-state index contributed by atoms with van der Waals surface area (Å²) in [5.41, 5.74) is 3.11. The van der Waals surface area contributed by atoms with Gasteiger partial charge in [0, 0.05) is 24.0 Å². The minimum Gasteiger partial charge on any atom is -0.394 e. The van der Waals surface area contributed by atoms with Crippen LogP contribution in [-0.2, 0) is 24.4 Å². The number of aliphatic hydroxyl groups is 1. The number of fused-ring (bicyclic) bond motifs is 1. The van der Waals surface area contributed by atoms with E-state index in [1.807, 2.05) is 30.1 Å². The molecule has 0 fully saturated rings. The number of hydrogen-bond acceptors (Lipinski definition) is 6. The number of nitrogens with zero attached hydrogens (tertiary/aromatic N) is 4. The van der Waals surface area contributed by atoms with Gasteiger partial charge in [-0.15, -0.1) is 11.3 Å². The normalized spacial score (nSPS) is 15.8. The summed E-state index contributed by atoms with van der Waals surface area (Å²) >= 11 is 1.43. The molecular formula is C14H19N5O2S. The molecule has 3 rings (SSSR count). The van der Waals surface area contributed by atoms with Crippen molar-refractivity contribution in [3.05, 3.63) is 28.5 Å². The van der Waals surface area contributed by atoms with Gasteiger partial charge in [-0.05, 0) is 13.8 Å². The van der Waals surface area contributed by atoms with Crippen molar-refractivity contribution >= 4 is 22.4 Å². The molecule has 0 aliphatic carbocycles. The molecule has 7 nitrogen and oxygen atoms in total. The van der Waals surface area contributed by atoms with Crippen LogP contribution >= 0.6 is 11.3 Å². The minimum absolute atomic E-state index is 0.0545. The zero-order chi connectivity index (χ0) is 15.7. The van der Waals surface area contributed by atoms with Gasteiger partial charge in [0.15, 0.2) is 5.13 Å². The van der Waals surface area contributed by atoms with Crippen LogP contribution in [0.2, 0.25) is 0 Å². The van der Waals surface area contributed by atoms with Crippen molar-refractivity contribution < 1.29 is 9.90 Å². The molecule has 0 saturated heterocycles. The molecule has 22 heavy (non-hydrogen) atoms. The fourth-order valence-electron chi connectivity index (χ4n) is 2.58. The summed E-state index contributed by atoms with van der Waals surface area (Å²) in [6.45, 7) is 5.72. The average Bonchev–Trinajstić information content (AvgIpc) is 3.16. The van der Waals surface area contributed by atoms with Gasteiger partial charge in [0.2, 0.25) is 5.91 Å². The summed E-state index contributed by atoms with van der Waals surface area (Å²) in [5.74, 6) is -0.0545. The molecule has 0 aromatic carbocycles. The summed E-state index contributed by atoms with van der Waals surface area (Å²) in [7, 11) is 0. The number of amides is 1. The quantitative estimate of drug-likeness (QED) is 0.858. The third-order valence-electron chi connectivity index (χ3n) is 3.85. The Morgan fingerprint density at radius 3 is 3.05 bits per heavy atom. The van der Waals surface area contributed by atoms with Gasteiger partial charge < -0.3 is 10.4 Å². The molecule has 2 N–H and O–H groups in total. The smallest absolute Gasteiger partial charge is 0.243 e. The summed E-state index contributed by atoms with van der Waals surface area (Å²) in [6.07, 6.45) is 1.82. The fraction of sp³-hybridized carbons (Fsp3) is 0.500. The lowest BCUT2D eigenvalue weighted by atomic mass is 10.3. The molecule has 0 bridgehead atoms. The maximum Gasteiger partial charge on any atom is 0.243 e. The van der Waals surface area contributed by atoms with E-state index in [0.29, 0.717) is 24.8 Å². The zero-order valence-corrected chi connectivity index (χ0v) is 13.4. The number of aliphatic hydroxyl groups excluding tert-OH is 1. The molecule has 0 radical (unpaired) electrons. The molecular weight excluding hydrogens is 302 g/mol. The van der Waals surface area contributed by atoms with Gasteiger partial charge in [0.25, 0.3) is 0 Å². The lowest BCUT2D eigenvalue weighted by Crippen LogP contribution is -2.39. The Morgan fingerprint density at radius 2 is 2.36 bits per heavy atom. The van der Waals surface area contributed by atoms with E-state index in [-0.39, 0.29) is 18.6 Å². The van der Waals surface area contributed by atoms with Gasteiger partial charge in [-0.3, -0.25) is 14.4 Å². The molecule has 118 valence electrons. The Kier molecular flexibility index (Phi) is 4.23. The lowest BCUT2D eigenvalue weighted by molar-refractivity contribution is -0.121. The number of rotatable bonds is 5. The SMILES string of the molecule is Cc1csc(NC(=O)[C@H](C)N2Cc3cnn(CCO)c3C2)n1. The van der Waals surface area contributed by atoms with Crippen molar-refractivity contribution in [3.8, 4) is 0 Å². The van der Waals surface area contributed by atoms with Gasteiger partial charge in [-0.1, -0.05) is 0 Å². The molecule has 0 unspecified atom stereocenters. The molecule has 8 heteroatoms. The van der Waals surface area contributed by atoms with Crippen LogP contribution in [0, 0.1) is 6.92 Å². The predicted molar refractivity (Wildman–Crippen MR) is 83.5 cm³/mol. The molecule has 2 aromatic rings. The Morgan fingerprint density at radius 1 is 1.55 bits per heavy atom. The zero-order valence-electron chi connectivity index (χ0n) is 12.6. The first-order valence-electron chi connectivity index (χ1n) is 7.20. The van der Waals surface area contributed by atoms with E-state index in [1.54, 1.807) is 0 Å². The van der Waals surface area contributed by atoms with Gasteiger partial charge in [-0.2, -0.15) is 5.10 Å². The second kappa shape index (κ2) is 6.15. The average molecular weight is 321 g/mol. The molecule has 1 aliphatic rings. The van der Waals surface area contributed by atoms with E-state index in [2.05, 4.69) is 20.3 Å². The van der Waals surface area contributed by atoms with E-state index in [1.165, 1.54) is 11.3 Å². The Labute approximate surface area is 132 Å². The third-order valence-corrected chi connectivity index (χ3v) is 4.73. The maximum absolute atomic E-state index is 12.3. The first kappa shape index (κ1) is 15.1. The van der Waals surface area contributed by atoms with Crippen molar-refractivity contribution in [1.82, 2.24) is 19.7 Å². The van der Waals surface area contributed by atoms with Crippen LogP contribution in [0.4, 0.5) is 5.13 Å². The van der Waals surface area contributed by atoms with E-state index in [0.717, 1.165) is 17.0 Å². The van der Waals surface area contributed by atoms with Gasteiger partial charge in [0.1, 0.15) is 0 Å². The molecule has 1 atom stereocenters. The number of aromatic nitrogens is 3. The Bertz CT molecular complexity index is 681. The van der Waals surface area contributed by atoms with Crippen molar-refractivity contribution in [2.24, 2.45) is 0 Å².